The van der Waals surface area contributed by atoms with E-state index in [0.29, 0.717) is 0 Å². The monoisotopic (exact) mass is 346 g/mol. The molecular weight excluding hydrogens is 341 g/mol. The van der Waals surface area contributed by atoms with Gasteiger partial charge in [-0.05, 0) is 46.2 Å². The second kappa shape index (κ2) is 5.63. The summed E-state index contributed by atoms with van der Waals surface area (Å²) in [5.74, 6) is -0.395. The number of Topliss-reactive ketones (excluding diaryl/α,β-unsaturated/α-hetero) is 1. The zero-order valence-corrected chi connectivity index (χ0v) is 11.7. The molecule has 0 bridgehead atoms. The van der Waals surface area contributed by atoms with E-state index < -0.39 is 16.7 Å². The smallest absolute Gasteiger partial charge is 0.298 e. The molecule has 1 nitrogen and oxygen atoms in total. The Hall–Kier alpha value is -0.200. The van der Waals surface area contributed by atoms with Crippen molar-refractivity contribution in [2.24, 2.45) is 0 Å². The third kappa shape index (κ3) is 4.19. The quantitative estimate of drug-likeness (QED) is 0.569. The van der Waals surface area contributed by atoms with Crippen molar-refractivity contribution >= 4 is 45.1 Å². The van der Waals surface area contributed by atoms with Gasteiger partial charge >= 0.3 is 5.51 Å². The fourth-order valence-corrected chi connectivity index (χ4v) is 2.74. The van der Waals surface area contributed by atoms with Crippen LogP contribution < -0.4 is 0 Å². The number of thioether (sulfide) groups is 1. The van der Waals surface area contributed by atoms with Gasteiger partial charge in [0, 0.05) is 9.37 Å². The molecule has 0 amide bonds. The summed E-state index contributed by atoms with van der Waals surface area (Å²) >= 11 is 8.54. The molecule has 0 fully saturated rings. The van der Waals surface area contributed by atoms with Crippen molar-refractivity contribution in [3.8, 4) is 0 Å². The minimum Gasteiger partial charge on any atom is -0.298 e. The predicted octanol–water partition coefficient (Wildman–Crippen LogP) is 4.93. The van der Waals surface area contributed by atoms with E-state index in [1.807, 2.05) is 0 Å². The van der Waals surface area contributed by atoms with Crippen molar-refractivity contribution in [3.63, 3.8) is 0 Å². The SMILES string of the molecule is CC(=O)C(Cl)c1cccc(Br)c1SC(F)(F)F. The van der Waals surface area contributed by atoms with Gasteiger partial charge in [-0.3, -0.25) is 4.79 Å². The van der Waals surface area contributed by atoms with Gasteiger partial charge in [0.1, 0.15) is 5.38 Å². The van der Waals surface area contributed by atoms with Crippen LogP contribution in [0.5, 0.6) is 0 Å². The normalized spacial score (nSPS) is 13.5. The second-order valence-corrected chi connectivity index (χ2v) is 5.55. The molecule has 1 atom stereocenters. The van der Waals surface area contributed by atoms with Crippen LogP contribution in [-0.4, -0.2) is 11.3 Å². The zero-order valence-electron chi connectivity index (χ0n) is 8.52. The Morgan fingerprint density at radius 3 is 2.53 bits per heavy atom. The van der Waals surface area contributed by atoms with E-state index in [1.54, 1.807) is 0 Å². The number of carbonyl (C=O) groups is 1. The lowest BCUT2D eigenvalue weighted by Crippen LogP contribution is -2.06. The molecule has 1 unspecified atom stereocenters. The highest BCUT2D eigenvalue weighted by atomic mass is 79.9. The number of halogens is 5. The van der Waals surface area contributed by atoms with Gasteiger partial charge in [0.15, 0.2) is 5.78 Å². The highest BCUT2D eigenvalue weighted by molar-refractivity contribution is 9.10. The van der Waals surface area contributed by atoms with Gasteiger partial charge in [-0.15, -0.1) is 11.6 Å². The van der Waals surface area contributed by atoms with Crippen molar-refractivity contribution in [2.75, 3.05) is 0 Å². The van der Waals surface area contributed by atoms with Crippen LogP contribution in [0.1, 0.15) is 17.9 Å². The molecule has 0 aliphatic heterocycles. The minimum atomic E-state index is -4.42. The van der Waals surface area contributed by atoms with Crippen molar-refractivity contribution in [3.05, 3.63) is 28.2 Å². The zero-order chi connectivity index (χ0) is 13.2. The van der Waals surface area contributed by atoms with Crippen LogP contribution in [0.4, 0.5) is 13.2 Å². The molecule has 0 aliphatic rings. The molecule has 0 aromatic heterocycles. The van der Waals surface area contributed by atoms with E-state index in [1.165, 1.54) is 25.1 Å². The van der Waals surface area contributed by atoms with Gasteiger partial charge in [-0.25, -0.2) is 0 Å². The Morgan fingerprint density at radius 1 is 1.47 bits per heavy atom. The van der Waals surface area contributed by atoms with Crippen LogP contribution >= 0.6 is 39.3 Å². The lowest BCUT2D eigenvalue weighted by Gasteiger charge is -2.15. The van der Waals surface area contributed by atoms with Gasteiger partial charge in [-0.1, -0.05) is 12.1 Å². The number of carbonyl (C=O) groups excluding carboxylic acids is 1. The molecule has 0 spiro atoms. The van der Waals surface area contributed by atoms with Crippen LogP contribution in [0, 0.1) is 0 Å². The molecular formula is C10H7BrClF3OS. The molecule has 0 radical (unpaired) electrons. The van der Waals surface area contributed by atoms with Gasteiger partial charge in [0.05, 0.1) is 0 Å². The molecule has 0 heterocycles. The maximum Gasteiger partial charge on any atom is 0.446 e. The number of ketones is 1. The minimum absolute atomic E-state index is 0.0739. The van der Waals surface area contributed by atoms with Gasteiger partial charge in [0.2, 0.25) is 0 Å². The number of alkyl halides is 4. The highest BCUT2D eigenvalue weighted by Gasteiger charge is 2.33. The Labute approximate surface area is 114 Å². The first kappa shape index (κ1) is 14.9. The fourth-order valence-electron chi connectivity index (χ4n) is 1.17. The largest absolute Gasteiger partial charge is 0.446 e. The number of hydrogen-bond acceptors (Lipinski definition) is 2. The molecule has 1 aromatic carbocycles. The summed E-state index contributed by atoms with van der Waals surface area (Å²) in [5, 5.41) is -1.07. The lowest BCUT2D eigenvalue weighted by atomic mass is 10.1. The van der Waals surface area contributed by atoms with Crippen LogP contribution in [0.3, 0.4) is 0 Å². The maximum atomic E-state index is 12.4. The first-order valence-electron chi connectivity index (χ1n) is 4.41. The summed E-state index contributed by atoms with van der Waals surface area (Å²) in [6, 6.07) is 4.43. The summed E-state index contributed by atoms with van der Waals surface area (Å²) in [6.07, 6.45) is 0. The standard InChI is InChI=1S/C10H7BrClF3OS/c1-5(16)8(12)6-3-2-4-7(11)9(6)17-10(13,14)15/h2-4,8H,1H3. The van der Waals surface area contributed by atoms with E-state index in [4.69, 9.17) is 11.6 Å². The summed E-state index contributed by atoms with van der Waals surface area (Å²) in [5.41, 5.74) is -4.26. The van der Waals surface area contributed by atoms with Crippen LogP contribution in [0.2, 0.25) is 0 Å². The third-order valence-electron chi connectivity index (χ3n) is 1.85. The Morgan fingerprint density at radius 2 is 2.06 bits per heavy atom. The second-order valence-electron chi connectivity index (χ2n) is 3.18. The molecule has 94 valence electrons. The number of benzene rings is 1. The van der Waals surface area contributed by atoms with E-state index in [2.05, 4.69) is 15.9 Å². The molecule has 0 saturated heterocycles. The number of hydrogen-bond donors (Lipinski definition) is 0. The van der Waals surface area contributed by atoms with E-state index >= 15 is 0 Å². The summed E-state index contributed by atoms with van der Waals surface area (Å²) < 4.78 is 37.4. The predicted molar refractivity (Wildman–Crippen MR) is 65.3 cm³/mol. The first-order chi connectivity index (χ1) is 7.72. The molecule has 0 saturated carbocycles. The van der Waals surface area contributed by atoms with Crippen molar-refractivity contribution < 1.29 is 18.0 Å². The third-order valence-corrected chi connectivity index (χ3v) is 4.20. The Balaban J connectivity index is 3.22. The van der Waals surface area contributed by atoms with Gasteiger partial charge in [-0.2, -0.15) is 13.2 Å². The first-order valence-corrected chi connectivity index (χ1v) is 6.45. The van der Waals surface area contributed by atoms with Gasteiger partial charge < -0.3 is 0 Å². The Kier molecular flexibility index (Phi) is 4.92. The Bertz CT molecular complexity index is 436. The molecule has 17 heavy (non-hydrogen) atoms. The van der Waals surface area contributed by atoms with E-state index in [-0.39, 0.29) is 26.7 Å². The van der Waals surface area contributed by atoms with Crippen molar-refractivity contribution in [1.82, 2.24) is 0 Å². The van der Waals surface area contributed by atoms with Gasteiger partial charge in [0.25, 0.3) is 0 Å². The molecule has 1 aromatic rings. The van der Waals surface area contributed by atoms with Crippen LogP contribution in [0.25, 0.3) is 0 Å². The van der Waals surface area contributed by atoms with Crippen molar-refractivity contribution in [1.29, 1.82) is 0 Å². The average Bonchev–Trinajstić information content (AvgIpc) is 2.18. The summed E-state index contributed by atoms with van der Waals surface area (Å²) in [6.45, 7) is 1.24. The molecule has 1 rings (SSSR count). The van der Waals surface area contributed by atoms with Crippen LogP contribution in [0.15, 0.2) is 27.6 Å². The van der Waals surface area contributed by atoms with E-state index in [0.717, 1.165) is 0 Å². The molecule has 0 N–H and O–H groups in total. The molecule has 7 heteroatoms. The topological polar surface area (TPSA) is 17.1 Å². The summed E-state index contributed by atoms with van der Waals surface area (Å²) in [4.78, 5) is 11.1. The lowest BCUT2D eigenvalue weighted by molar-refractivity contribution is -0.116. The average molecular weight is 348 g/mol. The van der Waals surface area contributed by atoms with Crippen LogP contribution in [-0.2, 0) is 4.79 Å². The van der Waals surface area contributed by atoms with Crippen molar-refractivity contribution in [2.45, 2.75) is 22.7 Å². The fraction of sp³-hybridized carbons (Fsp3) is 0.300. The highest BCUT2D eigenvalue weighted by Crippen LogP contribution is 2.44. The number of rotatable bonds is 3. The molecule has 0 aliphatic carbocycles. The summed E-state index contributed by atoms with van der Waals surface area (Å²) in [7, 11) is 0. The van der Waals surface area contributed by atoms with E-state index in [9.17, 15) is 18.0 Å². The maximum absolute atomic E-state index is 12.4.